The van der Waals surface area contributed by atoms with E-state index in [-0.39, 0.29) is 41.9 Å². The number of allylic oxidation sites excluding steroid dienone is 1. The van der Waals surface area contributed by atoms with Crippen LogP contribution < -0.4 is 5.73 Å². The molecule has 1 saturated carbocycles. The van der Waals surface area contributed by atoms with Crippen LogP contribution in [-0.2, 0) is 30.3 Å². The molecule has 172 valence electrons. The molecule has 0 heterocycles. The highest BCUT2D eigenvalue weighted by atomic mass is 16.5. The van der Waals surface area contributed by atoms with E-state index in [1.807, 2.05) is 0 Å². The van der Waals surface area contributed by atoms with Crippen molar-refractivity contribution in [1.29, 1.82) is 0 Å². The van der Waals surface area contributed by atoms with Crippen molar-refractivity contribution in [3.63, 3.8) is 0 Å². The van der Waals surface area contributed by atoms with Crippen LogP contribution in [0, 0.1) is 11.8 Å². The number of fused-ring (bicyclic) bond motifs is 3. The lowest BCUT2D eigenvalue weighted by atomic mass is 9.59. The number of hydrogen-bond acceptors (Lipinski definition) is 8. The molecule has 0 saturated heterocycles. The van der Waals surface area contributed by atoms with Gasteiger partial charge in [0.1, 0.15) is 22.8 Å². The van der Waals surface area contributed by atoms with Gasteiger partial charge >= 0.3 is 0 Å². The van der Waals surface area contributed by atoms with Crippen LogP contribution >= 0.6 is 0 Å². The van der Waals surface area contributed by atoms with Gasteiger partial charge in [0.15, 0.2) is 17.2 Å². The Morgan fingerprint density at radius 2 is 1.88 bits per heavy atom. The van der Waals surface area contributed by atoms with Crippen molar-refractivity contribution in [2.45, 2.75) is 31.8 Å². The summed E-state index contributed by atoms with van der Waals surface area (Å²) >= 11 is 0. The van der Waals surface area contributed by atoms with Crippen molar-refractivity contribution in [3.8, 4) is 5.75 Å². The zero-order valence-corrected chi connectivity index (χ0v) is 18.0. The molecule has 33 heavy (non-hydrogen) atoms. The molecule has 0 spiro atoms. The fourth-order valence-corrected chi connectivity index (χ4v) is 5.35. The fourth-order valence-electron chi connectivity index (χ4n) is 5.35. The number of primary amides is 1. The largest absolute Gasteiger partial charge is 0.508 e. The second-order valence-corrected chi connectivity index (χ2v) is 8.55. The first-order valence-corrected chi connectivity index (χ1v) is 10.4. The van der Waals surface area contributed by atoms with E-state index in [9.17, 15) is 34.5 Å². The molecular formula is C24H23NO8. The summed E-state index contributed by atoms with van der Waals surface area (Å²) in [6.45, 7) is 1.39. The van der Waals surface area contributed by atoms with Crippen molar-refractivity contribution in [2.75, 3.05) is 7.11 Å². The molecule has 0 bridgehead atoms. The Kier molecular flexibility index (Phi) is 5.24. The second-order valence-electron chi connectivity index (χ2n) is 8.55. The first kappa shape index (κ1) is 22.5. The van der Waals surface area contributed by atoms with Gasteiger partial charge in [-0.3, -0.25) is 19.2 Å². The van der Waals surface area contributed by atoms with Gasteiger partial charge in [-0.2, -0.15) is 0 Å². The Balaban J connectivity index is 1.94. The molecule has 1 fully saturated rings. The van der Waals surface area contributed by atoms with E-state index in [2.05, 4.69) is 0 Å². The molecule has 1 amide bonds. The van der Waals surface area contributed by atoms with Gasteiger partial charge in [0.25, 0.3) is 5.91 Å². The summed E-state index contributed by atoms with van der Waals surface area (Å²) in [5.74, 6) is -5.73. The number of methoxy groups -OCH3 is 1. The van der Waals surface area contributed by atoms with E-state index in [0.717, 1.165) is 0 Å². The lowest BCUT2D eigenvalue weighted by Crippen LogP contribution is -2.59. The number of carbonyl (C=O) groups excluding carboxylic acids is 4. The van der Waals surface area contributed by atoms with E-state index in [1.165, 1.54) is 26.2 Å². The van der Waals surface area contributed by atoms with E-state index in [4.69, 9.17) is 10.5 Å². The van der Waals surface area contributed by atoms with Crippen molar-refractivity contribution < 1.29 is 39.2 Å². The Labute approximate surface area is 188 Å². The summed E-state index contributed by atoms with van der Waals surface area (Å²) in [5.41, 5.74) is 3.68. The zero-order chi connectivity index (χ0) is 24.2. The Morgan fingerprint density at radius 1 is 1.18 bits per heavy atom. The number of rotatable bonds is 4. The number of amides is 1. The minimum atomic E-state index is -2.04. The standard InChI is InChI=1S/C24H23NO8/c1-10(26)3-4-11-5-6-15(27)18-14(11)8-12-7-13-9-16(28)19(23(25)32)22(31)24(13,33-2)21(30)17(12)20(18)29/h3-6,12-13,27,29,31H,7-9H2,1-2H3,(H2,25,32)/b4-3+/t12-,13+,24+/m1/s1. The fraction of sp³-hybridized carbons (Fsp3) is 0.333. The topological polar surface area (TPSA) is 164 Å². The normalized spacial score (nSPS) is 26.8. The molecule has 1 aromatic rings. The monoisotopic (exact) mass is 453 g/mol. The average Bonchev–Trinajstić information content (AvgIpc) is 2.72. The third-order valence-corrected chi connectivity index (χ3v) is 6.77. The van der Waals surface area contributed by atoms with Crippen molar-refractivity contribution >= 4 is 35.1 Å². The molecule has 0 aliphatic heterocycles. The molecule has 0 radical (unpaired) electrons. The number of phenols is 1. The van der Waals surface area contributed by atoms with Gasteiger partial charge in [-0.15, -0.1) is 0 Å². The number of phenolic OH excluding ortho intramolecular Hbond substituents is 1. The number of hydrogen-bond donors (Lipinski definition) is 4. The van der Waals surface area contributed by atoms with Gasteiger partial charge in [-0.25, -0.2) is 0 Å². The number of Topliss-reactive ketones (excluding diaryl/α,β-unsaturated/α-hetero) is 2. The lowest BCUT2D eigenvalue weighted by molar-refractivity contribution is -0.153. The highest BCUT2D eigenvalue weighted by molar-refractivity contribution is 6.22. The van der Waals surface area contributed by atoms with Crippen LogP contribution in [0.15, 0.2) is 35.1 Å². The highest BCUT2D eigenvalue weighted by Gasteiger charge is 2.61. The summed E-state index contributed by atoms with van der Waals surface area (Å²) < 4.78 is 5.47. The summed E-state index contributed by atoms with van der Waals surface area (Å²) in [6, 6.07) is 2.95. The molecule has 0 aromatic heterocycles. The van der Waals surface area contributed by atoms with Crippen LogP contribution in [0.4, 0.5) is 0 Å². The summed E-state index contributed by atoms with van der Waals surface area (Å²) in [5, 5.41) is 32.4. The maximum absolute atomic E-state index is 13.7. The van der Waals surface area contributed by atoms with E-state index >= 15 is 0 Å². The van der Waals surface area contributed by atoms with Crippen LogP contribution in [-0.4, -0.2) is 51.3 Å². The molecule has 9 heteroatoms. The zero-order valence-electron chi connectivity index (χ0n) is 18.0. The Bertz CT molecular complexity index is 1220. The number of nitrogens with two attached hydrogens (primary N) is 1. The second kappa shape index (κ2) is 7.70. The smallest absolute Gasteiger partial charge is 0.255 e. The molecule has 4 rings (SSSR count). The van der Waals surface area contributed by atoms with Crippen LogP contribution in [0.2, 0.25) is 0 Å². The van der Waals surface area contributed by atoms with Crippen LogP contribution in [0.25, 0.3) is 11.8 Å². The number of benzene rings is 1. The third kappa shape index (κ3) is 3.11. The summed E-state index contributed by atoms with van der Waals surface area (Å²) in [6.07, 6.45) is 3.12. The Hall–Kier alpha value is -3.72. The quantitative estimate of drug-likeness (QED) is 0.395. The number of aromatic hydroxyl groups is 1. The summed E-state index contributed by atoms with van der Waals surface area (Å²) in [7, 11) is 1.17. The van der Waals surface area contributed by atoms with Gasteiger partial charge in [0, 0.05) is 25.0 Å². The maximum atomic E-state index is 13.7. The minimum Gasteiger partial charge on any atom is -0.508 e. The van der Waals surface area contributed by atoms with E-state index in [0.29, 0.717) is 11.1 Å². The number of carbonyl (C=O) groups is 4. The lowest BCUT2D eigenvalue weighted by Gasteiger charge is -2.48. The molecule has 3 aliphatic carbocycles. The number of aliphatic hydroxyl groups excluding tert-OH is 2. The number of ether oxygens (including phenoxy) is 1. The molecule has 3 aliphatic rings. The molecule has 3 atom stereocenters. The minimum absolute atomic E-state index is 0.0514. The van der Waals surface area contributed by atoms with Gasteiger partial charge in [0.05, 0.1) is 5.56 Å². The predicted octanol–water partition coefficient (Wildman–Crippen LogP) is 1.68. The first-order chi connectivity index (χ1) is 15.5. The van der Waals surface area contributed by atoms with Crippen molar-refractivity contribution in [3.05, 3.63) is 51.8 Å². The van der Waals surface area contributed by atoms with Gasteiger partial charge in [-0.1, -0.05) is 12.1 Å². The maximum Gasteiger partial charge on any atom is 0.255 e. The highest BCUT2D eigenvalue weighted by Crippen LogP contribution is 2.53. The third-order valence-electron chi connectivity index (χ3n) is 6.77. The SMILES string of the molecule is CO[C@]12C(=O)C3=C(O)c4c(O)ccc(/C=C/C(C)=O)c4C[C@H]3C[C@H]1CC(=O)C(C(N)=O)=C2O. The molecule has 1 aromatic carbocycles. The van der Waals surface area contributed by atoms with Crippen LogP contribution in [0.1, 0.15) is 36.5 Å². The predicted molar refractivity (Wildman–Crippen MR) is 116 cm³/mol. The van der Waals surface area contributed by atoms with Crippen LogP contribution in [0.3, 0.4) is 0 Å². The van der Waals surface area contributed by atoms with Crippen molar-refractivity contribution in [2.24, 2.45) is 17.6 Å². The Morgan fingerprint density at radius 3 is 2.48 bits per heavy atom. The van der Waals surface area contributed by atoms with E-state index in [1.54, 1.807) is 12.1 Å². The van der Waals surface area contributed by atoms with Gasteiger partial charge < -0.3 is 25.8 Å². The molecule has 0 unspecified atom stereocenters. The summed E-state index contributed by atoms with van der Waals surface area (Å²) in [4.78, 5) is 49.4. The number of aliphatic hydroxyl groups is 2. The van der Waals surface area contributed by atoms with Gasteiger partial charge in [0.2, 0.25) is 5.78 Å². The van der Waals surface area contributed by atoms with Crippen molar-refractivity contribution in [1.82, 2.24) is 0 Å². The average molecular weight is 453 g/mol. The van der Waals surface area contributed by atoms with E-state index < -0.39 is 52.0 Å². The van der Waals surface area contributed by atoms with Crippen LogP contribution in [0.5, 0.6) is 5.75 Å². The first-order valence-electron chi connectivity index (χ1n) is 10.4. The molecular weight excluding hydrogens is 430 g/mol. The molecule has 9 nitrogen and oxygen atoms in total. The number of ketones is 3. The molecule has 5 N–H and O–H groups in total. The van der Waals surface area contributed by atoms with Gasteiger partial charge in [-0.05, 0) is 49.0 Å².